The van der Waals surface area contributed by atoms with Crippen LogP contribution in [-0.2, 0) is 23.1 Å². The number of anilines is 2. The van der Waals surface area contributed by atoms with Gasteiger partial charge in [-0.1, -0.05) is 51.3 Å². The van der Waals surface area contributed by atoms with Crippen molar-refractivity contribution in [2.75, 3.05) is 76.3 Å². The van der Waals surface area contributed by atoms with Crippen molar-refractivity contribution in [1.29, 1.82) is 0 Å². The summed E-state index contributed by atoms with van der Waals surface area (Å²) >= 11 is 16.1. The molecule has 2 aromatic carbocycles. The summed E-state index contributed by atoms with van der Waals surface area (Å²) < 4.78 is 0. The van der Waals surface area contributed by atoms with Crippen molar-refractivity contribution in [2.45, 2.75) is 32.1 Å². The maximum Gasteiger partial charge on any atom is 0.269 e. The molecule has 6 heterocycles. The first-order valence-corrected chi connectivity index (χ1v) is 21.7. The molecule has 8 rings (SSSR count). The minimum atomic E-state index is -0.198. The number of nitrogens with one attached hydrogen (secondary N) is 4. The maximum atomic E-state index is 12.0. The van der Waals surface area contributed by atoms with E-state index in [0.29, 0.717) is 55.6 Å². The molecule has 3 aliphatic heterocycles. The first-order valence-electron chi connectivity index (χ1n) is 19.8. The highest BCUT2D eigenvalue weighted by molar-refractivity contribution is 9.08. The molecule has 0 atom stereocenters. The van der Waals surface area contributed by atoms with E-state index in [0.717, 1.165) is 92.7 Å². The fraction of sp³-hybridized carbons (Fsp3) is 0.349. The number of pyridine rings is 2. The molecule has 5 aromatic rings. The zero-order valence-electron chi connectivity index (χ0n) is 34.4. The lowest BCUT2D eigenvalue weighted by molar-refractivity contribution is -0.112. The van der Waals surface area contributed by atoms with Crippen molar-refractivity contribution in [3.8, 4) is 0 Å². The number of alkyl halides is 1. The van der Waals surface area contributed by atoms with Crippen LogP contribution >= 0.6 is 39.1 Å². The molecule has 61 heavy (non-hydrogen) atoms. The molecular weight excluding hydrogens is 885 g/mol. The summed E-state index contributed by atoms with van der Waals surface area (Å²) in [6.45, 7) is 11.6. The van der Waals surface area contributed by atoms with Gasteiger partial charge in [-0.15, -0.1) is 0 Å². The number of halogens is 3. The monoisotopic (exact) mass is 931 g/mol. The third kappa shape index (κ3) is 11.2. The number of hydrogen-bond acceptors (Lipinski definition) is 12. The number of fused-ring (bicyclic) bond motifs is 2. The minimum absolute atomic E-state index is 0.0335. The average molecular weight is 934 g/mol. The van der Waals surface area contributed by atoms with Gasteiger partial charge in [-0.05, 0) is 61.4 Å². The standard InChI is InChI=1S/C22H24ClN5O2.C11H16N4O.C10H8BrClN2O/c1-14-20(29)11-17-18(26-14)5-3-15(21(17)23)13-27-7-9-28(10-8-27)16-4-6-19(25-12-16)22(30)24-2;1-12-11(16)10-3-2-9(8-14-10)15-6-4-13-5-7-15;1-5-10(15)14-9-7(13-5)3-2-6(4-11)8(9)12/h3-6,12H,7-11,13H2,1-2H3,(H,24,30);2-3,8,13H,4-7H2,1H3,(H,12,16);2-3H,4H2,1H3,(H,14,15). The summed E-state index contributed by atoms with van der Waals surface area (Å²) in [7, 11) is 3.20. The smallest absolute Gasteiger partial charge is 0.269 e. The van der Waals surface area contributed by atoms with Crippen LogP contribution in [0.15, 0.2) is 70.7 Å². The zero-order valence-corrected chi connectivity index (χ0v) is 37.5. The highest BCUT2D eigenvalue weighted by Gasteiger charge is 2.24. The molecule has 2 amide bonds. The number of hydrogen-bond donors (Lipinski definition) is 4. The number of carbonyl (C=O) groups is 3. The number of H-pyrrole nitrogens is 1. The zero-order chi connectivity index (χ0) is 43.6. The van der Waals surface area contributed by atoms with Crippen LogP contribution in [0.3, 0.4) is 0 Å². The lowest BCUT2D eigenvalue weighted by atomic mass is 9.98. The Hall–Kier alpha value is -5.26. The SMILES string of the molecule is CNC(=O)c1ccc(N2CCN(Cc3ccc4c(c3Cl)CC(=O)C(C)=N4)CC2)cn1.CNC(=O)c1ccc(N2CCNCC2)cn1.Cc1nc2ccc(CBr)c(Cl)c2[nH]c1=O. The molecular formula is C43H48BrCl2N11O4. The van der Waals surface area contributed by atoms with Gasteiger partial charge < -0.3 is 30.7 Å². The molecule has 2 saturated heterocycles. The Morgan fingerprint density at radius 1 is 0.770 bits per heavy atom. The third-order valence-electron chi connectivity index (χ3n) is 10.6. The molecule has 0 radical (unpaired) electrons. The van der Waals surface area contributed by atoms with E-state index in [-0.39, 0.29) is 23.2 Å². The van der Waals surface area contributed by atoms with Crippen molar-refractivity contribution in [3.63, 3.8) is 0 Å². The molecule has 2 fully saturated rings. The van der Waals surface area contributed by atoms with Crippen molar-refractivity contribution in [3.05, 3.63) is 115 Å². The van der Waals surface area contributed by atoms with E-state index in [2.05, 4.69) is 71.5 Å². The van der Waals surface area contributed by atoms with Crippen molar-refractivity contribution in [1.82, 2.24) is 40.8 Å². The predicted octanol–water partition coefficient (Wildman–Crippen LogP) is 5.27. The quantitative estimate of drug-likeness (QED) is 0.156. The summed E-state index contributed by atoms with van der Waals surface area (Å²) in [6, 6.07) is 15.1. The topological polar surface area (TPSA) is 181 Å². The van der Waals surface area contributed by atoms with Gasteiger partial charge in [0.15, 0.2) is 5.78 Å². The molecule has 18 heteroatoms. The first kappa shape index (κ1) is 45.3. The number of amides is 2. The second-order valence-corrected chi connectivity index (χ2v) is 15.8. The fourth-order valence-electron chi connectivity index (χ4n) is 6.94. The number of carbonyl (C=O) groups excluding carboxylic acids is 3. The molecule has 4 N–H and O–H groups in total. The number of aromatic amines is 1. The molecule has 0 aliphatic carbocycles. The van der Waals surface area contributed by atoms with Crippen LogP contribution in [0.5, 0.6) is 0 Å². The van der Waals surface area contributed by atoms with Gasteiger partial charge in [-0.3, -0.25) is 24.1 Å². The second kappa shape index (κ2) is 21.0. The molecule has 320 valence electrons. The van der Waals surface area contributed by atoms with Crippen molar-refractivity contribution < 1.29 is 14.4 Å². The van der Waals surface area contributed by atoms with Crippen LogP contribution in [0.1, 0.15) is 50.3 Å². The fourth-order valence-corrected chi connectivity index (χ4v) is 8.13. The van der Waals surface area contributed by atoms with E-state index in [1.54, 1.807) is 52.5 Å². The highest BCUT2D eigenvalue weighted by Crippen LogP contribution is 2.34. The number of aromatic nitrogens is 4. The first-order chi connectivity index (χ1) is 29.4. The molecule has 3 aliphatic rings. The van der Waals surface area contributed by atoms with Crippen LogP contribution < -0.4 is 31.3 Å². The Labute approximate surface area is 372 Å². The number of Topliss-reactive ketones (excluding diaryl/α,β-unsaturated/α-hetero) is 1. The Bertz CT molecular complexity index is 2470. The molecule has 3 aromatic heterocycles. The van der Waals surface area contributed by atoms with Gasteiger partial charge in [0, 0.05) is 90.3 Å². The van der Waals surface area contributed by atoms with Crippen molar-refractivity contribution in [2.24, 2.45) is 4.99 Å². The molecule has 0 saturated carbocycles. The number of nitrogens with zero attached hydrogens (tertiary/aromatic N) is 7. The van der Waals surface area contributed by atoms with Crippen LogP contribution in [0.25, 0.3) is 11.0 Å². The number of ketones is 1. The highest BCUT2D eigenvalue weighted by atomic mass is 79.9. The molecule has 15 nitrogen and oxygen atoms in total. The number of aliphatic imine (C=N–C) groups is 1. The average Bonchev–Trinajstić information content (AvgIpc) is 3.29. The van der Waals surface area contributed by atoms with E-state index in [1.807, 2.05) is 36.4 Å². The minimum Gasteiger partial charge on any atom is -0.368 e. The predicted molar refractivity (Wildman–Crippen MR) is 246 cm³/mol. The van der Waals surface area contributed by atoms with Crippen LogP contribution in [-0.4, -0.2) is 115 Å². The Balaban J connectivity index is 0.000000169. The van der Waals surface area contributed by atoms with Gasteiger partial charge in [-0.25, -0.2) is 19.9 Å². The lowest BCUT2D eigenvalue weighted by Gasteiger charge is -2.36. The molecule has 0 unspecified atom stereocenters. The van der Waals surface area contributed by atoms with E-state index >= 15 is 0 Å². The largest absolute Gasteiger partial charge is 0.368 e. The number of aryl methyl sites for hydroxylation is 1. The third-order valence-corrected chi connectivity index (χ3v) is 12.1. The number of benzene rings is 2. The van der Waals surface area contributed by atoms with E-state index in [1.165, 1.54) is 0 Å². The van der Waals surface area contributed by atoms with Crippen molar-refractivity contribution >= 4 is 90.5 Å². The summed E-state index contributed by atoms with van der Waals surface area (Å²) in [4.78, 5) is 72.9. The van der Waals surface area contributed by atoms with Gasteiger partial charge in [0.25, 0.3) is 17.4 Å². The summed E-state index contributed by atoms with van der Waals surface area (Å²) in [6.07, 6.45) is 3.83. The Morgan fingerprint density at radius 2 is 1.36 bits per heavy atom. The molecule has 0 bridgehead atoms. The summed E-state index contributed by atoms with van der Waals surface area (Å²) in [5.74, 6) is -0.297. The lowest BCUT2D eigenvalue weighted by Crippen LogP contribution is -2.46. The number of rotatable bonds is 7. The van der Waals surface area contributed by atoms with E-state index < -0.39 is 0 Å². The Morgan fingerprint density at radius 3 is 1.92 bits per heavy atom. The normalized spacial score (nSPS) is 15.1. The van der Waals surface area contributed by atoms with Gasteiger partial charge in [0.1, 0.15) is 17.1 Å². The second-order valence-electron chi connectivity index (χ2n) is 14.5. The Kier molecular flexibility index (Phi) is 15.6. The van der Waals surface area contributed by atoms with Crippen LogP contribution in [0.2, 0.25) is 10.0 Å². The van der Waals surface area contributed by atoms with Crippen LogP contribution in [0.4, 0.5) is 17.1 Å². The number of piperazine rings is 2. The van der Waals surface area contributed by atoms with Crippen LogP contribution in [0, 0.1) is 6.92 Å². The van der Waals surface area contributed by atoms with Gasteiger partial charge in [0.2, 0.25) is 0 Å². The molecule has 0 spiro atoms. The maximum absolute atomic E-state index is 12.0. The van der Waals surface area contributed by atoms with E-state index in [9.17, 15) is 19.2 Å². The van der Waals surface area contributed by atoms with E-state index in [4.69, 9.17) is 23.2 Å². The van der Waals surface area contributed by atoms with Gasteiger partial charge >= 0.3 is 0 Å². The summed E-state index contributed by atoms with van der Waals surface area (Å²) in [5, 5.41) is 10.3. The summed E-state index contributed by atoms with van der Waals surface area (Å²) in [5.41, 5.74) is 8.68. The van der Waals surface area contributed by atoms with Gasteiger partial charge in [-0.2, -0.15) is 0 Å². The van der Waals surface area contributed by atoms with Gasteiger partial charge in [0.05, 0.1) is 56.2 Å².